The van der Waals surface area contributed by atoms with Gasteiger partial charge in [0.15, 0.2) is 0 Å². The SMILES string of the molecule is Nc1ccccc1OCC(O)CN(CCO)CC(F)F. The molecule has 20 heavy (non-hydrogen) atoms. The normalized spacial score (nSPS) is 12.9. The van der Waals surface area contributed by atoms with Crippen LogP contribution in [0.4, 0.5) is 14.5 Å². The minimum atomic E-state index is -2.51. The van der Waals surface area contributed by atoms with Crippen molar-refractivity contribution >= 4 is 5.69 Å². The zero-order valence-electron chi connectivity index (χ0n) is 11.1. The summed E-state index contributed by atoms with van der Waals surface area (Å²) in [7, 11) is 0. The Morgan fingerprint density at radius 1 is 1.25 bits per heavy atom. The summed E-state index contributed by atoms with van der Waals surface area (Å²) in [5, 5.41) is 18.6. The molecule has 5 nitrogen and oxygen atoms in total. The first kappa shape index (κ1) is 16.6. The summed E-state index contributed by atoms with van der Waals surface area (Å²) in [6, 6.07) is 6.82. The van der Waals surface area contributed by atoms with Gasteiger partial charge in [0.1, 0.15) is 18.5 Å². The van der Waals surface area contributed by atoms with E-state index in [-0.39, 0.29) is 26.3 Å². The third kappa shape index (κ3) is 6.14. The van der Waals surface area contributed by atoms with Crippen molar-refractivity contribution < 1.29 is 23.7 Å². The molecule has 0 aromatic heterocycles. The van der Waals surface area contributed by atoms with E-state index in [9.17, 15) is 13.9 Å². The minimum absolute atomic E-state index is 0.00234. The Balaban J connectivity index is 2.41. The maximum atomic E-state index is 12.3. The second-order valence-corrected chi connectivity index (χ2v) is 4.38. The van der Waals surface area contributed by atoms with Crippen molar-refractivity contribution in [2.45, 2.75) is 12.5 Å². The number of hydrogen-bond acceptors (Lipinski definition) is 5. The molecule has 0 saturated carbocycles. The molecule has 1 unspecified atom stereocenters. The van der Waals surface area contributed by atoms with Crippen LogP contribution in [-0.2, 0) is 0 Å². The monoisotopic (exact) mass is 290 g/mol. The van der Waals surface area contributed by atoms with Crippen LogP contribution in [0.2, 0.25) is 0 Å². The van der Waals surface area contributed by atoms with Gasteiger partial charge in [-0.05, 0) is 12.1 Å². The third-order valence-corrected chi connectivity index (χ3v) is 2.63. The fourth-order valence-electron chi connectivity index (χ4n) is 1.74. The molecule has 0 aliphatic carbocycles. The smallest absolute Gasteiger partial charge is 0.251 e. The van der Waals surface area contributed by atoms with Crippen LogP contribution in [0.1, 0.15) is 0 Å². The van der Waals surface area contributed by atoms with Crippen molar-refractivity contribution in [3.8, 4) is 5.75 Å². The Bertz CT molecular complexity index is 394. The number of hydrogen-bond donors (Lipinski definition) is 3. The molecule has 0 heterocycles. The highest BCUT2D eigenvalue weighted by molar-refractivity contribution is 5.51. The number of aliphatic hydroxyl groups is 2. The molecular weight excluding hydrogens is 270 g/mol. The molecule has 0 amide bonds. The van der Waals surface area contributed by atoms with Gasteiger partial charge in [-0.2, -0.15) is 0 Å². The maximum Gasteiger partial charge on any atom is 0.251 e. The summed E-state index contributed by atoms with van der Waals surface area (Å²) >= 11 is 0. The second kappa shape index (κ2) is 8.68. The fraction of sp³-hybridized carbons (Fsp3) is 0.538. The second-order valence-electron chi connectivity index (χ2n) is 4.38. The number of nitrogens with two attached hydrogens (primary N) is 1. The number of benzene rings is 1. The van der Waals surface area contributed by atoms with Crippen molar-refractivity contribution in [1.82, 2.24) is 4.90 Å². The number of para-hydroxylation sites is 2. The topological polar surface area (TPSA) is 79.0 Å². The van der Waals surface area contributed by atoms with Gasteiger partial charge in [-0.25, -0.2) is 8.78 Å². The number of rotatable bonds is 9. The third-order valence-electron chi connectivity index (χ3n) is 2.63. The summed E-state index contributed by atoms with van der Waals surface area (Å²) in [6.45, 7) is -0.719. The lowest BCUT2D eigenvalue weighted by molar-refractivity contribution is 0.0299. The van der Waals surface area contributed by atoms with Crippen molar-refractivity contribution in [2.75, 3.05) is 38.6 Å². The Kier molecular flexibility index (Phi) is 7.21. The summed E-state index contributed by atoms with van der Waals surface area (Å²) < 4.78 is 30.0. The average molecular weight is 290 g/mol. The lowest BCUT2D eigenvalue weighted by Gasteiger charge is -2.24. The van der Waals surface area contributed by atoms with E-state index >= 15 is 0 Å². The van der Waals surface area contributed by atoms with Crippen molar-refractivity contribution in [3.63, 3.8) is 0 Å². The molecule has 0 fully saturated rings. The molecule has 114 valence electrons. The summed E-state index contributed by atoms with van der Waals surface area (Å²) in [4.78, 5) is 1.28. The predicted molar refractivity (Wildman–Crippen MR) is 71.9 cm³/mol. The molecule has 1 atom stereocenters. The molecule has 0 radical (unpaired) electrons. The molecule has 1 aromatic carbocycles. The van der Waals surface area contributed by atoms with E-state index in [2.05, 4.69) is 0 Å². The van der Waals surface area contributed by atoms with Gasteiger partial charge in [0.05, 0.1) is 18.8 Å². The lowest BCUT2D eigenvalue weighted by Crippen LogP contribution is -2.39. The zero-order valence-corrected chi connectivity index (χ0v) is 11.1. The van der Waals surface area contributed by atoms with Gasteiger partial charge in [0, 0.05) is 13.1 Å². The first-order chi connectivity index (χ1) is 9.52. The molecule has 1 aromatic rings. The Labute approximate surface area is 116 Å². The first-order valence-electron chi connectivity index (χ1n) is 6.29. The highest BCUT2D eigenvalue weighted by atomic mass is 19.3. The van der Waals surface area contributed by atoms with E-state index in [1.165, 1.54) is 4.90 Å². The first-order valence-corrected chi connectivity index (χ1v) is 6.29. The van der Waals surface area contributed by atoms with Crippen LogP contribution >= 0.6 is 0 Å². The number of nitrogens with zero attached hydrogens (tertiary/aromatic N) is 1. The number of anilines is 1. The molecule has 4 N–H and O–H groups in total. The fourth-order valence-corrected chi connectivity index (χ4v) is 1.74. The Morgan fingerprint density at radius 3 is 2.55 bits per heavy atom. The van der Waals surface area contributed by atoms with E-state index in [0.29, 0.717) is 11.4 Å². The van der Waals surface area contributed by atoms with Crippen LogP contribution in [-0.4, -0.2) is 60.5 Å². The van der Waals surface area contributed by atoms with Gasteiger partial charge in [0.2, 0.25) is 0 Å². The summed E-state index contributed by atoms with van der Waals surface area (Å²) in [6.07, 6.45) is -3.46. The number of halogens is 2. The van der Waals surface area contributed by atoms with Gasteiger partial charge in [-0.3, -0.25) is 4.90 Å². The molecule has 1 rings (SSSR count). The van der Waals surface area contributed by atoms with Gasteiger partial charge in [-0.1, -0.05) is 12.1 Å². The van der Waals surface area contributed by atoms with Crippen LogP contribution in [0.3, 0.4) is 0 Å². The highest BCUT2D eigenvalue weighted by Gasteiger charge is 2.16. The van der Waals surface area contributed by atoms with Crippen LogP contribution in [0.25, 0.3) is 0 Å². The van der Waals surface area contributed by atoms with Crippen molar-refractivity contribution in [2.24, 2.45) is 0 Å². The van der Waals surface area contributed by atoms with Crippen molar-refractivity contribution in [1.29, 1.82) is 0 Å². The van der Waals surface area contributed by atoms with Crippen LogP contribution in [0, 0.1) is 0 Å². The molecule has 0 aliphatic heterocycles. The number of alkyl halides is 2. The largest absolute Gasteiger partial charge is 0.489 e. The Morgan fingerprint density at radius 2 is 1.95 bits per heavy atom. The van der Waals surface area contributed by atoms with E-state index in [1.807, 2.05) is 0 Å². The van der Waals surface area contributed by atoms with E-state index < -0.39 is 19.1 Å². The highest BCUT2D eigenvalue weighted by Crippen LogP contribution is 2.19. The predicted octanol–water partition coefficient (Wildman–Crippen LogP) is 0.568. The summed E-state index contributed by atoms with van der Waals surface area (Å²) in [5.41, 5.74) is 6.12. The molecule has 0 spiro atoms. The van der Waals surface area contributed by atoms with Crippen molar-refractivity contribution in [3.05, 3.63) is 24.3 Å². The number of nitrogen functional groups attached to an aromatic ring is 1. The average Bonchev–Trinajstić information content (AvgIpc) is 2.37. The van der Waals surface area contributed by atoms with Gasteiger partial charge in [0.25, 0.3) is 6.43 Å². The molecular formula is C13H20F2N2O3. The van der Waals surface area contributed by atoms with E-state index in [1.54, 1.807) is 24.3 Å². The van der Waals surface area contributed by atoms with Gasteiger partial charge in [-0.15, -0.1) is 0 Å². The van der Waals surface area contributed by atoms with Gasteiger partial charge >= 0.3 is 0 Å². The molecule has 7 heteroatoms. The van der Waals surface area contributed by atoms with Crippen LogP contribution in [0.15, 0.2) is 24.3 Å². The summed E-state index contributed by atoms with van der Waals surface area (Å²) in [5.74, 6) is 0.439. The van der Waals surface area contributed by atoms with E-state index in [0.717, 1.165) is 0 Å². The zero-order chi connectivity index (χ0) is 15.0. The number of aliphatic hydroxyl groups excluding tert-OH is 2. The van der Waals surface area contributed by atoms with E-state index in [4.69, 9.17) is 15.6 Å². The quantitative estimate of drug-likeness (QED) is 0.579. The molecule has 0 aliphatic rings. The lowest BCUT2D eigenvalue weighted by atomic mass is 10.3. The van der Waals surface area contributed by atoms with Crippen LogP contribution in [0.5, 0.6) is 5.75 Å². The minimum Gasteiger partial charge on any atom is -0.489 e. The number of ether oxygens (including phenoxy) is 1. The van der Waals surface area contributed by atoms with Gasteiger partial charge < -0.3 is 20.7 Å². The molecule has 0 bridgehead atoms. The maximum absolute atomic E-state index is 12.3. The molecule has 0 saturated heterocycles. The Hall–Kier alpha value is -1.44. The van der Waals surface area contributed by atoms with Crippen LogP contribution < -0.4 is 10.5 Å². The standard InChI is InChI=1S/C13H20F2N2O3/c14-13(15)8-17(5-6-18)7-10(19)9-20-12-4-2-1-3-11(12)16/h1-4,10,13,18-19H,5-9,16H2.